The normalized spacial score (nSPS) is 12.6. The molecule has 0 aliphatic rings. The number of tetrazole rings is 1. The minimum atomic E-state index is 0.129. The van der Waals surface area contributed by atoms with E-state index in [1.54, 1.807) is 4.68 Å². The highest BCUT2D eigenvalue weighted by atomic mass is 35.5. The predicted octanol–water partition coefficient (Wildman–Crippen LogP) is 2.05. The summed E-state index contributed by atoms with van der Waals surface area (Å²) in [6.45, 7) is 5.61. The van der Waals surface area contributed by atoms with Gasteiger partial charge in [-0.1, -0.05) is 30.7 Å². The third-order valence-corrected chi connectivity index (χ3v) is 2.91. The summed E-state index contributed by atoms with van der Waals surface area (Å²) in [5, 5.41) is 15.8. The van der Waals surface area contributed by atoms with Gasteiger partial charge in [-0.25, -0.2) is 4.68 Å². The zero-order valence-corrected chi connectivity index (χ0v) is 11.2. The van der Waals surface area contributed by atoms with Gasteiger partial charge in [-0.3, -0.25) is 0 Å². The molecule has 1 atom stereocenters. The Labute approximate surface area is 111 Å². The number of nitrogens with one attached hydrogen (secondary N) is 1. The fraction of sp³-hybridized carbons (Fsp3) is 0.417. The fourth-order valence-corrected chi connectivity index (χ4v) is 2.05. The Hall–Kier alpha value is -1.46. The highest BCUT2D eigenvalue weighted by molar-refractivity contribution is 6.30. The van der Waals surface area contributed by atoms with Crippen LogP contribution in [0.4, 0.5) is 0 Å². The molecular weight excluding hydrogens is 250 g/mol. The lowest BCUT2D eigenvalue weighted by Crippen LogP contribution is -2.22. The molecule has 1 unspecified atom stereocenters. The van der Waals surface area contributed by atoms with Gasteiger partial charge in [0.05, 0.1) is 12.6 Å². The number of hydrogen-bond acceptors (Lipinski definition) is 4. The number of benzene rings is 1. The standard InChI is InChI=1S/C12H16ClN5/c1-3-14-9(2)12-15-16-17-18(12)8-10-5-4-6-11(13)7-10/h4-7,9,14H,3,8H2,1-2H3. The Morgan fingerprint density at radius 2 is 2.28 bits per heavy atom. The van der Waals surface area contributed by atoms with Crippen molar-refractivity contribution in [3.05, 3.63) is 40.7 Å². The van der Waals surface area contributed by atoms with E-state index in [1.807, 2.05) is 31.2 Å². The van der Waals surface area contributed by atoms with Crippen LogP contribution in [0.2, 0.25) is 5.02 Å². The van der Waals surface area contributed by atoms with Crippen molar-refractivity contribution < 1.29 is 0 Å². The lowest BCUT2D eigenvalue weighted by atomic mass is 10.2. The van der Waals surface area contributed by atoms with Crippen molar-refractivity contribution >= 4 is 11.6 Å². The van der Waals surface area contributed by atoms with Gasteiger partial charge in [-0.2, -0.15) is 0 Å². The van der Waals surface area contributed by atoms with Crippen molar-refractivity contribution in [1.29, 1.82) is 0 Å². The van der Waals surface area contributed by atoms with Crippen molar-refractivity contribution in [2.75, 3.05) is 6.54 Å². The Bertz CT molecular complexity index is 511. The molecule has 0 bridgehead atoms. The van der Waals surface area contributed by atoms with Crippen LogP contribution in [0.25, 0.3) is 0 Å². The van der Waals surface area contributed by atoms with E-state index in [0.29, 0.717) is 6.54 Å². The Balaban J connectivity index is 2.17. The largest absolute Gasteiger partial charge is 0.308 e. The molecule has 5 nitrogen and oxygen atoms in total. The molecule has 6 heteroatoms. The molecule has 1 heterocycles. The smallest absolute Gasteiger partial charge is 0.168 e. The zero-order valence-electron chi connectivity index (χ0n) is 10.5. The first-order valence-corrected chi connectivity index (χ1v) is 6.32. The van der Waals surface area contributed by atoms with Crippen molar-refractivity contribution in [2.24, 2.45) is 0 Å². The number of nitrogens with zero attached hydrogens (tertiary/aromatic N) is 4. The monoisotopic (exact) mass is 265 g/mol. The number of hydrogen-bond donors (Lipinski definition) is 1. The van der Waals surface area contributed by atoms with Crippen LogP contribution in [0.15, 0.2) is 24.3 Å². The Morgan fingerprint density at radius 1 is 1.44 bits per heavy atom. The molecule has 2 aromatic rings. The van der Waals surface area contributed by atoms with E-state index in [0.717, 1.165) is 23.0 Å². The van der Waals surface area contributed by atoms with E-state index in [1.165, 1.54) is 0 Å². The molecule has 96 valence electrons. The summed E-state index contributed by atoms with van der Waals surface area (Å²) in [6, 6.07) is 7.84. The van der Waals surface area contributed by atoms with Gasteiger partial charge in [-0.15, -0.1) is 5.10 Å². The van der Waals surface area contributed by atoms with Gasteiger partial charge in [0, 0.05) is 5.02 Å². The van der Waals surface area contributed by atoms with Gasteiger partial charge in [0.1, 0.15) is 0 Å². The molecule has 0 saturated carbocycles. The summed E-state index contributed by atoms with van der Waals surface area (Å²) >= 11 is 5.96. The van der Waals surface area contributed by atoms with E-state index in [-0.39, 0.29) is 6.04 Å². The maximum Gasteiger partial charge on any atom is 0.168 e. The average Bonchev–Trinajstić information content (AvgIpc) is 2.77. The van der Waals surface area contributed by atoms with Crippen LogP contribution in [0, 0.1) is 0 Å². The summed E-state index contributed by atoms with van der Waals surface area (Å²) in [5.41, 5.74) is 1.08. The second-order valence-electron chi connectivity index (χ2n) is 4.10. The summed E-state index contributed by atoms with van der Waals surface area (Å²) in [7, 11) is 0. The van der Waals surface area contributed by atoms with Crippen LogP contribution in [0.1, 0.15) is 31.3 Å². The SMILES string of the molecule is CCNC(C)c1nnnn1Cc1cccc(Cl)c1. The maximum atomic E-state index is 5.96. The van der Waals surface area contributed by atoms with Crippen LogP contribution in [-0.4, -0.2) is 26.8 Å². The molecule has 1 aromatic carbocycles. The van der Waals surface area contributed by atoms with Crippen LogP contribution in [0.3, 0.4) is 0 Å². The van der Waals surface area contributed by atoms with E-state index >= 15 is 0 Å². The van der Waals surface area contributed by atoms with Crippen molar-refractivity contribution in [2.45, 2.75) is 26.4 Å². The molecule has 0 saturated heterocycles. The Morgan fingerprint density at radius 3 is 3.00 bits per heavy atom. The van der Waals surface area contributed by atoms with Gasteiger partial charge in [0.2, 0.25) is 0 Å². The number of rotatable bonds is 5. The van der Waals surface area contributed by atoms with E-state index < -0.39 is 0 Å². The lowest BCUT2D eigenvalue weighted by molar-refractivity contribution is 0.516. The van der Waals surface area contributed by atoms with Crippen molar-refractivity contribution in [3.8, 4) is 0 Å². The minimum Gasteiger partial charge on any atom is -0.308 e. The van der Waals surface area contributed by atoms with Crippen LogP contribution >= 0.6 is 11.6 Å². The number of aromatic nitrogens is 4. The van der Waals surface area contributed by atoms with Gasteiger partial charge in [0.25, 0.3) is 0 Å². The van der Waals surface area contributed by atoms with E-state index in [4.69, 9.17) is 11.6 Å². The predicted molar refractivity (Wildman–Crippen MR) is 70.5 cm³/mol. The molecule has 0 aliphatic heterocycles. The van der Waals surface area contributed by atoms with Crippen LogP contribution in [0.5, 0.6) is 0 Å². The topological polar surface area (TPSA) is 55.6 Å². The molecule has 0 aliphatic carbocycles. The lowest BCUT2D eigenvalue weighted by Gasteiger charge is -2.12. The molecule has 0 spiro atoms. The Kier molecular flexibility index (Phi) is 4.28. The molecule has 1 N–H and O–H groups in total. The molecule has 1 aromatic heterocycles. The summed E-state index contributed by atoms with van der Waals surface area (Å²) in [5.74, 6) is 0.830. The maximum absolute atomic E-state index is 5.96. The highest BCUT2D eigenvalue weighted by Crippen LogP contribution is 2.13. The quantitative estimate of drug-likeness (QED) is 0.899. The van der Waals surface area contributed by atoms with Crippen molar-refractivity contribution in [1.82, 2.24) is 25.5 Å². The first kappa shape index (κ1) is 13.0. The number of halogens is 1. The zero-order chi connectivity index (χ0) is 13.0. The molecule has 0 amide bonds. The first-order valence-electron chi connectivity index (χ1n) is 5.94. The molecular formula is C12H16ClN5. The summed E-state index contributed by atoms with van der Waals surface area (Å²) in [4.78, 5) is 0. The summed E-state index contributed by atoms with van der Waals surface area (Å²) < 4.78 is 1.79. The van der Waals surface area contributed by atoms with E-state index in [9.17, 15) is 0 Å². The molecule has 18 heavy (non-hydrogen) atoms. The van der Waals surface area contributed by atoms with Crippen LogP contribution < -0.4 is 5.32 Å². The molecule has 0 fully saturated rings. The second-order valence-corrected chi connectivity index (χ2v) is 4.54. The average molecular weight is 266 g/mol. The van der Waals surface area contributed by atoms with Gasteiger partial charge >= 0.3 is 0 Å². The molecule has 0 radical (unpaired) electrons. The van der Waals surface area contributed by atoms with Crippen molar-refractivity contribution in [3.63, 3.8) is 0 Å². The first-order chi connectivity index (χ1) is 8.70. The van der Waals surface area contributed by atoms with E-state index in [2.05, 4.69) is 27.8 Å². The van der Waals surface area contributed by atoms with Gasteiger partial charge in [-0.05, 0) is 41.6 Å². The second kappa shape index (κ2) is 5.93. The highest BCUT2D eigenvalue weighted by Gasteiger charge is 2.13. The third-order valence-electron chi connectivity index (χ3n) is 2.68. The third kappa shape index (κ3) is 3.05. The van der Waals surface area contributed by atoms with Gasteiger partial charge < -0.3 is 5.32 Å². The summed E-state index contributed by atoms with van der Waals surface area (Å²) in [6.07, 6.45) is 0. The minimum absolute atomic E-state index is 0.129. The molecule has 2 rings (SSSR count). The van der Waals surface area contributed by atoms with Gasteiger partial charge in [0.15, 0.2) is 5.82 Å². The van der Waals surface area contributed by atoms with Crippen LogP contribution in [-0.2, 0) is 6.54 Å². The fourth-order valence-electron chi connectivity index (χ4n) is 1.84.